The molecule has 7 nitrogen and oxygen atoms in total. The average molecular weight is 554 g/mol. The Morgan fingerprint density at radius 2 is 1.66 bits per heavy atom. The number of methoxy groups -OCH3 is 2. The summed E-state index contributed by atoms with van der Waals surface area (Å²) in [7, 11) is 3.28. The van der Waals surface area contributed by atoms with Crippen LogP contribution in [0.15, 0.2) is 47.5 Å². The Hall–Kier alpha value is -2.49. The molecule has 1 amide bonds. The second-order valence-corrected chi connectivity index (χ2v) is 6.90. The van der Waals surface area contributed by atoms with E-state index in [2.05, 4.69) is 15.6 Å². The highest BCUT2D eigenvalue weighted by atomic mass is 127. The van der Waals surface area contributed by atoms with E-state index in [0.29, 0.717) is 37.7 Å². The summed E-state index contributed by atoms with van der Waals surface area (Å²) in [4.78, 5) is 18.9. The van der Waals surface area contributed by atoms with Crippen molar-refractivity contribution in [1.82, 2.24) is 15.5 Å². The Balaban J connectivity index is 0.00000512. The molecule has 0 spiro atoms. The van der Waals surface area contributed by atoms with Crippen molar-refractivity contribution in [2.45, 2.75) is 33.9 Å². The minimum atomic E-state index is 0. The van der Waals surface area contributed by atoms with Gasteiger partial charge in [-0.15, -0.1) is 24.0 Å². The molecule has 0 aliphatic carbocycles. The molecule has 8 heteroatoms. The molecule has 176 valence electrons. The van der Waals surface area contributed by atoms with Crippen LogP contribution >= 0.6 is 24.0 Å². The van der Waals surface area contributed by atoms with Crippen molar-refractivity contribution in [3.8, 4) is 11.5 Å². The molecule has 0 aliphatic rings. The highest BCUT2D eigenvalue weighted by Crippen LogP contribution is 2.24. The van der Waals surface area contributed by atoms with Crippen molar-refractivity contribution in [2.75, 3.05) is 33.9 Å². The number of nitrogens with one attached hydrogen (secondary N) is 2. The minimum absolute atomic E-state index is 0. The molecule has 2 N–H and O–H groups in total. The van der Waals surface area contributed by atoms with Crippen LogP contribution in [0.3, 0.4) is 0 Å². The van der Waals surface area contributed by atoms with E-state index in [9.17, 15) is 4.79 Å². The van der Waals surface area contributed by atoms with E-state index in [1.54, 1.807) is 14.2 Å². The number of halogens is 1. The molecule has 0 bridgehead atoms. The molecule has 0 saturated heterocycles. The van der Waals surface area contributed by atoms with Crippen LogP contribution in [0.4, 0.5) is 0 Å². The summed E-state index contributed by atoms with van der Waals surface area (Å²) in [6, 6.07) is 13.4. The first-order valence-corrected chi connectivity index (χ1v) is 10.7. The molecule has 2 rings (SSSR count). The van der Waals surface area contributed by atoms with Crippen LogP contribution < -0.4 is 20.1 Å². The van der Waals surface area contributed by atoms with E-state index in [1.807, 2.05) is 68.1 Å². The van der Waals surface area contributed by atoms with Crippen molar-refractivity contribution in [2.24, 2.45) is 4.99 Å². The molecule has 2 aromatic rings. The molecule has 0 aromatic heterocycles. The van der Waals surface area contributed by atoms with Gasteiger partial charge >= 0.3 is 0 Å². The maximum atomic E-state index is 12.4. The second-order valence-electron chi connectivity index (χ2n) is 6.90. The Kier molecular flexibility index (Phi) is 12.5. The van der Waals surface area contributed by atoms with E-state index in [0.717, 1.165) is 29.2 Å². The monoisotopic (exact) mass is 554 g/mol. The van der Waals surface area contributed by atoms with Gasteiger partial charge in [-0.05, 0) is 50.6 Å². The molecule has 0 radical (unpaired) electrons. The lowest BCUT2D eigenvalue weighted by Gasteiger charge is -2.18. The summed E-state index contributed by atoms with van der Waals surface area (Å²) in [6.07, 6.45) is 0. The zero-order valence-electron chi connectivity index (χ0n) is 19.6. The second kappa shape index (κ2) is 14.5. The van der Waals surface area contributed by atoms with Crippen LogP contribution in [-0.2, 0) is 13.1 Å². The minimum Gasteiger partial charge on any atom is -0.497 e. The van der Waals surface area contributed by atoms with Gasteiger partial charge in [-0.2, -0.15) is 0 Å². The van der Waals surface area contributed by atoms with Crippen molar-refractivity contribution in [3.63, 3.8) is 0 Å². The van der Waals surface area contributed by atoms with Gasteiger partial charge in [0.25, 0.3) is 5.91 Å². The van der Waals surface area contributed by atoms with E-state index >= 15 is 0 Å². The number of carbonyl (C=O) groups excluding carboxylic acids is 1. The fraction of sp³-hybridized carbons (Fsp3) is 0.417. The summed E-state index contributed by atoms with van der Waals surface area (Å²) in [6.45, 7) is 9.24. The number of aliphatic imine (C=N–C) groups is 1. The summed E-state index contributed by atoms with van der Waals surface area (Å²) in [5.74, 6) is 2.28. The summed E-state index contributed by atoms with van der Waals surface area (Å²) >= 11 is 0. The number of benzene rings is 2. The highest BCUT2D eigenvalue weighted by molar-refractivity contribution is 14.0. The van der Waals surface area contributed by atoms with Crippen molar-refractivity contribution < 1.29 is 14.3 Å². The predicted molar refractivity (Wildman–Crippen MR) is 140 cm³/mol. The van der Waals surface area contributed by atoms with Crippen molar-refractivity contribution in [3.05, 3.63) is 59.2 Å². The first-order chi connectivity index (χ1) is 15.1. The molecule has 0 atom stereocenters. The average Bonchev–Trinajstić information content (AvgIpc) is 2.81. The fourth-order valence-corrected chi connectivity index (χ4v) is 3.14. The zero-order chi connectivity index (χ0) is 22.6. The molecular formula is C24H35IN4O3. The van der Waals surface area contributed by atoms with Gasteiger partial charge in [-0.1, -0.05) is 12.1 Å². The molecule has 0 saturated carbocycles. The molecule has 2 aromatic carbocycles. The number of rotatable bonds is 10. The Bertz CT molecular complexity index is 868. The van der Waals surface area contributed by atoms with Crippen molar-refractivity contribution in [1.29, 1.82) is 0 Å². The molecule has 0 fully saturated rings. The third-order valence-electron chi connectivity index (χ3n) is 4.96. The van der Waals surface area contributed by atoms with Gasteiger partial charge in [0.1, 0.15) is 11.5 Å². The van der Waals surface area contributed by atoms with Crippen LogP contribution in [0, 0.1) is 0 Å². The van der Waals surface area contributed by atoms with Crippen LogP contribution in [0.1, 0.15) is 42.3 Å². The normalized spacial score (nSPS) is 10.7. The van der Waals surface area contributed by atoms with E-state index in [-0.39, 0.29) is 29.9 Å². The van der Waals surface area contributed by atoms with Gasteiger partial charge < -0.3 is 25.0 Å². The third-order valence-corrected chi connectivity index (χ3v) is 4.96. The number of ether oxygens (including phenoxy) is 2. The lowest BCUT2D eigenvalue weighted by Crippen LogP contribution is -2.36. The largest absolute Gasteiger partial charge is 0.497 e. The lowest BCUT2D eigenvalue weighted by molar-refractivity contribution is 0.0773. The molecule has 0 aliphatic heterocycles. The maximum absolute atomic E-state index is 12.4. The summed E-state index contributed by atoms with van der Waals surface area (Å²) in [5, 5.41) is 6.59. The Labute approximate surface area is 208 Å². The van der Waals surface area contributed by atoms with Gasteiger partial charge in [0.15, 0.2) is 5.96 Å². The Morgan fingerprint density at radius 3 is 2.22 bits per heavy atom. The highest BCUT2D eigenvalue weighted by Gasteiger charge is 2.12. The third kappa shape index (κ3) is 7.89. The van der Waals surface area contributed by atoms with Crippen LogP contribution in [-0.4, -0.2) is 50.6 Å². The van der Waals surface area contributed by atoms with E-state index in [1.165, 1.54) is 0 Å². The molecular weight excluding hydrogens is 519 g/mol. The number of nitrogens with zero attached hydrogens (tertiary/aromatic N) is 2. The Morgan fingerprint density at radius 1 is 0.969 bits per heavy atom. The molecule has 0 unspecified atom stereocenters. The van der Waals surface area contributed by atoms with Crippen LogP contribution in [0.2, 0.25) is 0 Å². The zero-order valence-corrected chi connectivity index (χ0v) is 21.9. The number of hydrogen-bond acceptors (Lipinski definition) is 4. The smallest absolute Gasteiger partial charge is 0.253 e. The number of amides is 1. The quantitative estimate of drug-likeness (QED) is 0.263. The number of carbonyl (C=O) groups is 1. The molecule has 0 heterocycles. The van der Waals surface area contributed by atoms with Gasteiger partial charge in [0.05, 0.1) is 20.8 Å². The maximum Gasteiger partial charge on any atom is 0.253 e. The van der Waals surface area contributed by atoms with Gasteiger partial charge in [0.2, 0.25) is 0 Å². The van der Waals surface area contributed by atoms with E-state index in [4.69, 9.17) is 9.47 Å². The SMILES string of the molecule is CCNC(=NCc1ccc(C(=O)N(CC)CC)cc1)NCc1ccc(OC)cc1OC.I. The summed E-state index contributed by atoms with van der Waals surface area (Å²) < 4.78 is 10.7. The van der Waals surface area contributed by atoms with Gasteiger partial charge in [0, 0.05) is 43.4 Å². The molecule has 32 heavy (non-hydrogen) atoms. The summed E-state index contributed by atoms with van der Waals surface area (Å²) in [5.41, 5.74) is 2.75. The predicted octanol–water partition coefficient (Wildman–Crippen LogP) is 4.06. The first kappa shape index (κ1) is 27.5. The van der Waals surface area contributed by atoms with Gasteiger partial charge in [-0.3, -0.25) is 4.79 Å². The van der Waals surface area contributed by atoms with Crippen LogP contribution in [0.5, 0.6) is 11.5 Å². The number of hydrogen-bond donors (Lipinski definition) is 2. The fourth-order valence-electron chi connectivity index (χ4n) is 3.14. The van der Waals surface area contributed by atoms with Crippen molar-refractivity contribution >= 4 is 35.8 Å². The van der Waals surface area contributed by atoms with Crippen LogP contribution in [0.25, 0.3) is 0 Å². The van der Waals surface area contributed by atoms with Gasteiger partial charge in [-0.25, -0.2) is 4.99 Å². The topological polar surface area (TPSA) is 75.2 Å². The van der Waals surface area contributed by atoms with E-state index < -0.39 is 0 Å². The number of guanidine groups is 1. The lowest BCUT2D eigenvalue weighted by atomic mass is 10.1. The first-order valence-electron chi connectivity index (χ1n) is 10.7. The standard InChI is InChI=1S/C24H34N4O3.HI/c1-6-25-24(27-17-20-13-14-21(30-4)15-22(20)31-5)26-16-18-9-11-19(12-10-18)23(29)28(7-2)8-3;/h9-15H,6-8,16-17H2,1-5H3,(H2,25,26,27);1H.